The van der Waals surface area contributed by atoms with Crippen LogP contribution in [0.3, 0.4) is 0 Å². The van der Waals surface area contributed by atoms with E-state index < -0.39 is 0 Å². The molecule has 1 nitrogen and oxygen atoms in total. The van der Waals surface area contributed by atoms with Gasteiger partial charge in [-0.2, -0.15) is 0 Å². The third kappa shape index (κ3) is 2.30. The topological polar surface area (TPSA) is 12.0 Å². The minimum Gasteiger partial charge on any atom is -0.319 e. The largest absolute Gasteiger partial charge is 0.319 e. The molecule has 0 aromatic rings. The van der Waals surface area contributed by atoms with Crippen LogP contribution in [-0.2, 0) is 0 Å². The summed E-state index contributed by atoms with van der Waals surface area (Å²) in [6, 6.07) is 0. The van der Waals surface area contributed by atoms with Crippen molar-refractivity contribution in [3.8, 4) is 0 Å². The summed E-state index contributed by atoms with van der Waals surface area (Å²) < 4.78 is 0. The molecule has 0 aliphatic heterocycles. The lowest BCUT2D eigenvalue weighted by atomic mass is 10.1. The van der Waals surface area contributed by atoms with Gasteiger partial charge in [-0.3, -0.25) is 0 Å². The van der Waals surface area contributed by atoms with Crippen molar-refractivity contribution in [1.29, 1.82) is 0 Å². The summed E-state index contributed by atoms with van der Waals surface area (Å²) in [6.45, 7) is 5.86. The van der Waals surface area contributed by atoms with Crippen molar-refractivity contribution in [3.05, 3.63) is 0 Å². The van der Waals surface area contributed by atoms with Gasteiger partial charge in [-0.15, -0.1) is 0 Å². The molecule has 0 amide bonds. The molecule has 1 saturated carbocycles. The summed E-state index contributed by atoms with van der Waals surface area (Å²) in [5, 5.41) is 3.23. The Kier molecular flexibility index (Phi) is 2.72. The highest BCUT2D eigenvalue weighted by molar-refractivity contribution is 4.87. The molecule has 0 spiro atoms. The van der Waals surface area contributed by atoms with Crippen LogP contribution in [0.25, 0.3) is 0 Å². The standard InChI is InChI=1S/C9H19N/c1-7(2)4-8-5-9(8)6-10-3/h7-10H,4-6H2,1-3H3/t8-,9+/m1/s1. The summed E-state index contributed by atoms with van der Waals surface area (Å²) in [5.41, 5.74) is 0. The van der Waals surface area contributed by atoms with E-state index in [1.54, 1.807) is 0 Å². The first-order chi connectivity index (χ1) is 4.74. The van der Waals surface area contributed by atoms with Gasteiger partial charge in [0.05, 0.1) is 0 Å². The van der Waals surface area contributed by atoms with E-state index in [1.165, 1.54) is 19.4 Å². The van der Waals surface area contributed by atoms with E-state index in [-0.39, 0.29) is 0 Å². The first-order valence-electron chi connectivity index (χ1n) is 4.38. The maximum Gasteiger partial charge on any atom is -0.00208 e. The van der Waals surface area contributed by atoms with Crippen LogP contribution in [0.5, 0.6) is 0 Å². The van der Waals surface area contributed by atoms with Crippen LogP contribution in [0.4, 0.5) is 0 Å². The summed E-state index contributed by atoms with van der Waals surface area (Å²) in [4.78, 5) is 0. The Morgan fingerprint density at radius 3 is 2.60 bits per heavy atom. The second-order valence-corrected chi connectivity index (χ2v) is 3.94. The van der Waals surface area contributed by atoms with Crippen molar-refractivity contribution < 1.29 is 0 Å². The quantitative estimate of drug-likeness (QED) is 0.630. The van der Waals surface area contributed by atoms with Gasteiger partial charge in [-0.05, 0) is 44.2 Å². The molecule has 2 atom stereocenters. The van der Waals surface area contributed by atoms with Crippen LogP contribution in [0.1, 0.15) is 26.7 Å². The van der Waals surface area contributed by atoms with Crippen molar-refractivity contribution in [1.82, 2.24) is 5.32 Å². The molecule has 1 N–H and O–H groups in total. The lowest BCUT2D eigenvalue weighted by molar-refractivity contribution is 0.505. The lowest BCUT2D eigenvalue weighted by Gasteiger charge is -2.02. The normalized spacial score (nSPS) is 31.2. The molecule has 1 aliphatic carbocycles. The Morgan fingerprint density at radius 1 is 1.40 bits per heavy atom. The summed E-state index contributed by atoms with van der Waals surface area (Å²) in [5.74, 6) is 2.95. The summed E-state index contributed by atoms with van der Waals surface area (Å²) in [7, 11) is 2.05. The highest BCUT2D eigenvalue weighted by Gasteiger charge is 2.35. The molecule has 1 aliphatic rings. The van der Waals surface area contributed by atoms with Crippen LogP contribution in [0.2, 0.25) is 0 Å². The monoisotopic (exact) mass is 141 g/mol. The third-order valence-electron chi connectivity index (χ3n) is 2.31. The molecule has 0 bridgehead atoms. The predicted octanol–water partition coefficient (Wildman–Crippen LogP) is 1.89. The SMILES string of the molecule is CNC[C@@H]1C[C@H]1CC(C)C. The van der Waals surface area contributed by atoms with Gasteiger partial charge in [0.25, 0.3) is 0 Å². The number of rotatable bonds is 4. The van der Waals surface area contributed by atoms with Gasteiger partial charge in [0.2, 0.25) is 0 Å². The molecular formula is C9H19N. The van der Waals surface area contributed by atoms with Gasteiger partial charge in [0, 0.05) is 0 Å². The molecule has 60 valence electrons. The Bertz CT molecular complexity index is 98.9. The fourth-order valence-corrected chi connectivity index (χ4v) is 1.72. The Morgan fingerprint density at radius 2 is 2.10 bits per heavy atom. The highest BCUT2D eigenvalue weighted by atomic mass is 14.8. The smallest absolute Gasteiger partial charge is 0.00208 e. The molecule has 0 aromatic carbocycles. The number of hydrogen-bond donors (Lipinski definition) is 1. The van der Waals surface area contributed by atoms with Gasteiger partial charge in [-0.25, -0.2) is 0 Å². The molecule has 0 unspecified atom stereocenters. The van der Waals surface area contributed by atoms with E-state index in [0.717, 1.165) is 17.8 Å². The average Bonchev–Trinajstić information content (AvgIpc) is 2.47. The Hall–Kier alpha value is -0.0400. The van der Waals surface area contributed by atoms with Crippen LogP contribution in [-0.4, -0.2) is 13.6 Å². The van der Waals surface area contributed by atoms with Gasteiger partial charge < -0.3 is 5.32 Å². The number of hydrogen-bond acceptors (Lipinski definition) is 1. The van der Waals surface area contributed by atoms with Crippen molar-refractivity contribution in [2.75, 3.05) is 13.6 Å². The van der Waals surface area contributed by atoms with Gasteiger partial charge >= 0.3 is 0 Å². The minimum absolute atomic E-state index is 0.895. The molecule has 0 aromatic heterocycles. The van der Waals surface area contributed by atoms with Gasteiger partial charge in [0.1, 0.15) is 0 Å². The first kappa shape index (κ1) is 8.06. The van der Waals surface area contributed by atoms with Gasteiger partial charge in [0.15, 0.2) is 0 Å². The van der Waals surface area contributed by atoms with Crippen molar-refractivity contribution in [2.24, 2.45) is 17.8 Å². The van der Waals surface area contributed by atoms with Crippen LogP contribution >= 0.6 is 0 Å². The maximum absolute atomic E-state index is 3.23. The first-order valence-corrected chi connectivity index (χ1v) is 4.38. The summed E-state index contributed by atoms with van der Waals surface area (Å²) >= 11 is 0. The van der Waals surface area contributed by atoms with Crippen molar-refractivity contribution in [2.45, 2.75) is 26.7 Å². The molecule has 0 heterocycles. The van der Waals surface area contributed by atoms with Crippen LogP contribution < -0.4 is 5.32 Å². The lowest BCUT2D eigenvalue weighted by Crippen LogP contribution is -2.10. The number of nitrogens with one attached hydrogen (secondary N) is 1. The zero-order valence-electron chi connectivity index (χ0n) is 7.35. The van der Waals surface area contributed by atoms with E-state index in [9.17, 15) is 0 Å². The zero-order chi connectivity index (χ0) is 7.56. The van der Waals surface area contributed by atoms with E-state index in [4.69, 9.17) is 0 Å². The average molecular weight is 141 g/mol. The van der Waals surface area contributed by atoms with E-state index in [2.05, 4.69) is 19.2 Å². The van der Waals surface area contributed by atoms with Crippen LogP contribution in [0.15, 0.2) is 0 Å². The zero-order valence-corrected chi connectivity index (χ0v) is 7.35. The molecule has 1 fully saturated rings. The fraction of sp³-hybridized carbons (Fsp3) is 1.00. The molecule has 0 saturated heterocycles. The summed E-state index contributed by atoms with van der Waals surface area (Å²) in [6.07, 6.45) is 2.91. The fourth-order valence-electron chi connectivity index (χ4n) is 1.72. The molecule has 1 rings (SSSR count). The second kappa shape index (κ2) is 3.38. The third-order valence-corrected chi connectivity index (χ3v) is 2.31. The Labute approximate surface area is 64.2 Å². The molecule has 0 radical (unpaired) electrons. The second-order valence-electron chi connectivity index (χ2n) is 3.94. The predicted molar refractivity (Wildman–Crippen MR) is 45.0 cm³/mol. The minimum atomic E-state index is 0.895. The van der Waals surface area contributed by atoms with Crippen LogP contribution in [0, 0.1) is 17.8 Å². The molecule has 1 heteroatoms. The highest BCUT2D eigenvalue weighted by Crippen LogP contribution is 2.42. The molecular weight excluding hydrogens is 122 g/mol. The van der Waals surface area contributed by atoms with Crippen molar-refractivity contribution in [3.63, 3.8) is 0 Å². The van der Waals surface area contributed by atoms with Gasteiger partial charge in [-0.1, -0.05) is 13.8 Å². The van der Waals surface area contributed by atoms with E-state index in [0.29, 0.717) is 0 Å². The molecule has 10 heavy (non-hydrogen) atoms. The van der Waals surface area contributed by atoms with E-state index >= 15 is 0 Å². The van der Waals surface area contributed by atoms with Crippen molar-refractivity contribution >= 4 is 0 Å². The maximum atomic E-state index is 3.23. The van der Waals surface area contributed by atoms with E-state index in [1.807, 2.05) is 7.05 Å². The Balaban J connectivity index is 2.02.